The summed E-state index contributed by atoms with van der Waals surface area (Å²) in [5, 5.41) is 9.06. The molecule has 1 fully saturated rings. The summed E-state index contributed by atoms with van der Waals surface area (Å²) in [6, 6.07) is 0.276. The number of furan rings is 1. The molecule has 0 bridgehead atoms. The van der Waals surface area contributed by atoms with E-state index in [1.807, 2.05) is 27.8 Å². The Labute approximate surface area is 156 Å². The van der Waals surface area contributed by atoms with E-state index in [4.69, 9.17) is 4.42 Å². The van der Waals surface area contributed by atoms with Gasteiger partial charge in [0, 0.05) is 30.3 Å². The lowest BCUT2D eigenvalue weighted by atomic mass is 10.0. The molecule has 1 unspecified atom stereocenters. The van der Waals surface area contributed by atoms with E-state index in [1.54, 1.807) is 16.8 Å². The van der Waals surface area contributed by atoms with Crippen LogP contribution in [0.5, 0.6) is 0 Å². The Morgan fingerprint density at radius 2 is 2.15 bits per heavy atom. The minimum atomic E-state index is -0.860. The largest absolute Gasteiger partial charge is 0.463 e. The summed E-state index contributed by atoms with van der Waals surface area (Å²) in [7, 11) is 1.86. The zero-order valence-electron chi connectivity index (χ0n) is 15.9. The zero-order chi connectivity index (χ0) is 19.7. The van der Waals surface area contributed by atoms with Crippen LogP contribution in [-0.2, 0) is 24.7 Å². The van der Waals surface area contributed by atoms with E-state index in [2.05, 4.69) is 15.7 Å². The van der Waals surface area contributed by atoms with Crippen LogP contribution in [0, 0.1) is 13.8 Å². The van der Waals surface area contributed by atoms with Gasteiger partial charge in [-0.3, -0.25) is 14.8 Å². The van der Waals surface area contributed by atoms with Crippen molar-refractivity contribution in [3.63, 3.8) is 0 Å². The van der Waals surface area contributed by atoms with Crippen molar-refractivity contribution in [3.8, 4) is 0 Å². The highest BCUT2D eigenvalue weighted by molar-refractivity contribution is 6.04. The number of hydrogen-bond acceptors (Lipinski definition) is 4. The van der Waals surface area contributed by atoms with Crippen LogP contribution in [0.2, 0.25) is 0 Å². The fourth-order valence-corrected chi connectivity index (χ4v) is 3.28. The lowest BCUT2D eigenvalue weighted by molar-refractivity contribution is -0.120. The average Bonchev–Trinajstić information content (AvgIpc) is 3.25. The number of carbonyl (C=O) groups is 2. The molecule has 3 amide bonds. The highest BCUT2D eigenvalue weighted by atomic mass is 19.1. The molecular formula is C19H23FN4O3. The summed E-state index contributed by atoms with van der Waals surface area (Å²) >= 11 is 0. The topological polar surface area (TPSA) is 89.2 Å². The molecule has 3 rings (SSSR count). The third-order valence-corrected chi connectivity index (χ3v) is 4.83. The zero-order valence-corrected chi connectivity index (χ0v) is 15.9. The second-order valence-electron chi connectivity index (χ2n) is 6.66. The molecule has 8 heteroatoms. The number of rotatable bonds is 6. The first-order chi connectivity index (χ1) is 12.8. The molecule has 1 atom stereocenters. The van der Waals surface area contributed by atoms with Crippen LogP contribution in [0.3, 0.4) is 0 Å². The quantitative estimate of drug-likeness (QED) is 0.761. The van der Waals surface area contributed by atoms with E-state index in [1.165, 1.54) is 0 Å². The van der Waals surface area contributed by atoms with E-state index in [0.717, 1.165) is 17.0 Å². The number of amides is 3. The van der Waals surface area contributed by atoms with Gasteiger partial charge in [-0.15, -0.1) is 0 Å². The molecular weight excluding hydrogens is 351 g/mol. The molecule has 2 aromatic heterocycles. The van der Waals surface area contributed by atoms with Gasteiger partial charge in [0.15, 0.2) is 6.04 Å². The first kappa shape index (κ1) is 18.9. The minimum absolute atomic E-state index is 0.341. The highest BCUT2D eigenvalue weighted by Gasteiger charge is 2.34. The van der Waals surface area contributed by atoms with Gasteiger partial charge in [-0.2, -0.15) is 5.10 Å². The summed E-state index contributed by atoms with van der Waals surface area (Å²) in [6.07, 6.45) is 2.79. The van der Waals surface area contributed by atoms with Gasteiger partial charge in [0.05, 0.1) is 5.69 Å². The van der Waals surface area contributed by atoms with Gasteiger partial charge in [0.25, 0.3) is 5.91 Å². The molecule has 1 saturated heterocycles. The molecule has 7 nitrogen and oxygen atoms in total. The number of urea groups is 1. The standard InChI is InChI=1S/C19H23FN4O3/c1-5-15-13(8-16(27-15)17-18(25)22-19(26)21-17)6-12(9-20)7-14-10(2)23-24(4)11(14)3/h6,8,17H,5,7,9H2,1-4H3,(H2,21,22,25,26)/b12-6-. The molecule has 3 heterocycles. The number of nitrogens with one attached hydrogen (secondary N) is 2. The lowest BCUT2D eigenvalue weighted by Gasteiger charge is -2.05. The highest BCUT2D eigenvalue weighted by Crippen LogP contribution is 2.27. The summed E-state index contributed by atoms with van der Waals surface area (Å²) in [4.78, 5) is 23.2. The van der Waals surface area contributed by atoms with E-state index in [9.17, 15) is 14.0 Å². The summed E-state index contributed by atoms with van der Waals surface area (Å²) in [6.45, 7) is 5.18. The van der Waals surface area contributed by atoms with Gasteiger partial charge in [0.2, 0.25) is 0 Å². The van der Waals surface area contributed by atoms with Gasteiger partial charge < -0.3 is 9.73 Å². The molecule has 1 aliphatic heterocycles. The van der Waals surface area contributed by atoms with E-state index in [0.29, 0.717) is 35.5 Å². The van der Waals surface area contributed by atoms with Crippen LogP contribution in [0.1, 0.15) is 47.0 Å². The number of imide groups is 1. The number of allylic oxidation sites excluding steroid dienone is 1. The normalized spacial score (nSPS) is 17.4. The fraction of sp³-hybridized carbons (Fsp3) is 0.421. The predicted molar refractivity (Wildman–Crippen MR) is 97.8 cm³/mol. The van der Waals surface area contributed by atoms with E-state index in [-0.39, 0.29) is 0 Å². The van der Waals surface area contributed by atoms with Crippen LogP contribution in [-0.4, -0.2) is 28.4 Å². The Balaban J connectivity index is 1.92. The molecule has 1 aliphatic rings. The van der Waals surface area contributed by atoms with Gasteiger partial charge in [-0.25, -0.2) is 9.18 Å². The smallest absolute Gasteiger partial charge is 0.322 e. The predicted octanol–water partition coefficient (Wildman–Crippen LogP) is 2.67. The maximum atomic E-state index is 13.7. The monoisotopic (exact) mass is 374 g/mol. The van der Waals surface area contributed by atoms with E-state index >= 15 is 0 Å². The van der Waals surface area contributed by atoms with Gasteiger partial charge >= 0.3 is 6.03 Å². The van der Waals surface area contributed by atoms with Gasteiger partial charge in [0.1, 0.15) is 18.2 Å². The minimum Gasteiger partial charge on any atom is -0.463 e. The van der Waals surface area contributed by atoms with Crippen molar-refractivity contribution in [1.82, 2.24) is 20.4 Å². The van der Waals surface area contributed by atoms with Crippen molar-refractivity contribution in [2.75, 3.05) is 6.67 Å². The number of aryl methyl sites for hydroxylation is 3. The van der Waals surface area contributed by atoms with Crippen molar-refractivity contribution in [3.05, 3.63) is 45.7 Å². The number of hydrogen-bond donors (Lipinski definition) is 2. The van der Waals surface area contributed by atoms with Gasteiger partial charge in [-0.1, -0.05) is 6.92 Å². The van der Waals surface area contributed by atoms with Crippen molar-refractivity contribution in [1.29, 1.82) is 0 Å². The Kier molecular flexibility index (Phi) is 5.16. The van der Waals surface area contributed by atoms with E-state index < -0.39 is 24.7 Å². The number of aromatic nitrogens is 2. The molecule has 2 N–H and O–H groups in total. The SMILES string of the molecule is CCc1oc(C2NC(=O)NC2=O)cc1/C=C(\CF)Cc1c(C)nn(C)c1C. The van der Waals surface area contributed by atoms with Crippen LogP contribution >= 0.6 is 0 Å². The van der Waals surface area contributed by atoms with Crippen LogP contribution in [0.4, 0.5) is 9.18 Å². The molecule has 144 valence electrons. The average molecular weight is 374 g/mol. The molecule has 0 saturated carbocycles. The number of nitrogens with zero attached hydrogens (tertiary/aromatic N) is 2. The molecule has 0 aromatic carbocycles. The Morgan fingerprint density at radius 3 is 2.67 bits per heavy atom. The van der Waals surface area contributed by atoms with Gasteiger partial charge in [-0.05, 0) is 38.0 Å². The molecule has 2 aromatic rings. The van der Waals surface area contributed by atoms with Crippen molar-refractivity contribution < 1.29 is 18.4 Å². The van der Waals surface area contributed by atoms with Crippen LogP contribution < -0.4 is 10.6 Å². The summed E-state index contributed by atoms with van der Waals surface area (Å²) in [5.74, 6) is 0.525. The number of halogens is 1. The lowest BCUT2D eigenvalue weighted by Crippen LogP contribution is -2.22. The Bertz CT molecular complexity index is 926. The van der Waals surface area contributed by atoms with Crippen LogP contribution in [0.15, 0.2) is 16.1 Å². The van der Waals surface area contributed by atoms with Crippen molar-refractivity contribution in [2.24, 2.45) is 7.05 Å². The second-order valence-corrected chi connectivity index (χ2v) is 6.66. The molecule has 0 spiro atoms. The first-order valence-electron chi connectivity index (χ1n) is 8.82. The summed E-state index contributed by atoms with van der Waals surface area (Å²) < 4.78 is 21.3. The molecule has 0 radical (unpaired) electrons. The third-order valence-electron chi connectivity index (χ3n) is 4.83. The van der Waals surface area contributed by atoms with Crippen molar-refractivity contribution in [2.45, 2.75) is 39.7 Å². The molecule has 27 heavy (non-hydrogen) atoms. The third kappa shape index (κ3) is 3.65. The number of carbonyl (C=O) groups excluding carboxylic acids is 2. The number of alkyl halides is 1. The fourth-order valence-electron chi connectivity index (χ4n) is 3.28. The molecule has 0 aliphatic carbocycles. The summed E-state index contributed by atoms with van der Waals surface area (Å²) in [5.41, 5.74) is 4.19. The maximum Gasteiger partial charge on any atom is 0.322 e. The van der Waals surface area contributed by atoms with Crippen LogP contribution in [0.25, 0.3) is 6.08 Å². The Hall–Kier alpha value is -2.90. The van der Waals surface area contributed by atoms with Crippen molar-refractivity contribution >= 4 is 18.0 Å². The second kappa shape index (κ2) is 7.38. The Morgan fingerprint density at radius 1 is 1.41 bits per heavy atom. The maximum absolute atomic E-state index is 13.7. The first-order valence-corrected chi connectivity index (χ1v) is 8.82.